The Morgan fingerprint density at radius 1 is 0.482 bits per heavy atom. The third-order valence-corrected chi connectivity index (χ3v) is 11.2. The minimum Gasteiger partial charge on any atom is -0.466 e. The molecule has 0 aromatic rings. The SMILES string of the molecule is CCCCC/C=C\CCCCCCCC(=O)OCCCCCCCCCCCCCCCC(=O)NC(CO)C(O)/C=C/CCCCCCCCCCCCCC. The monoisotopic (exact) mass is 790 g/mol. The molecule has 0 aromatic carbocycles. The number of allylic oxidation sites excluding steroid dienone is 3. The van der Waals surface area contributed by atoms with Crippen molar-refractivity contribution in [2.45, 2.75) is 270 Å². The van der Waals surface area contributed by atoms with E-state index in [1.54, 1.807) is 6.08 Å². The topological polar surface area (TPSA) is 95.9 Å². The van der Waals surface area contributed by atoms with E-state index in [0.717, 1.165) is 57.8 Å². The zero-order valence-corrected chi connectivity index (χ0v) is 37.4. The van der Waals surface area contributed by atoms with Crippen molar-refractivity contribution in [1.29, 1.82) is 0 Å². The van der Waals surface area contributed by atoms with E-state index in [9.17, 15) is 19.8 Å². The van der Waals surface area contributed by atoms with E-state index in [0.29, 0.717) is 19.4 Å². The highest BCUT2D eigenvalue weighted by Crippen LogP contribution is 2.15. The summed E-state index contributed by atoms with van der Waals surface area (Å²) in [5, 5.41) is 23.0. The predicted molar refractivity (Wildman–Crippen MR) is 241 cm³/mol. The number of amides is 1. The molecule has 0 fully saturated rings. The maximum absolute atomic E-state index is 12.4. The van der Waals surface area contributed by atoms with Crippen LogP contribution in [0.2, 0.25) is 0 Å². The molecule has 6 nitrogen and oxygen atoms in total. The number of hydrogen-bond acceptors (Lipinski definition) is 5. The maximum atomic E-state index is 12.4. The zero-order valence-electron chi connectivity index (χ0n) is 37.4. The number of ether oxygens (including phenoxy) is 1. The Morgan fingerprint density at radius 2 is 0.839 bits per heavy atom. The van der Waals surface area contributed by atoms with Crippen molar-refractivity contribution in [2.24, 2.45) is 0 Å². The van der Waals surface area contributed by atoms with E-state index in [2.05, 4.69) is 31.3 Å². The molecule has 0 aliphatic rings. The molecule has 0 bridgehead atoms. The summed E-state index contributed by atoms with van der Waals surface area (Å²) < 4.78 is 5.44. The third-order valence-electron chi connectivity index (χ3n) is 11.2. The van der Waals surface area contributed by atoms with Gasteiger partial charge in [-0.25, -0.2) is 0 Å². The third kappa shape index (κ3) is 42.0. The molecule has 2 unspecified atom stereocenters. The highest BCUT2D eigenvalue weighted by atomic mass is 16.5. The minimum atomic E-state index is -0.852. The molecule has 0 aromatic heterocycles. The largest absolute Gasteiger partial charge is 0.466 e. The molecule has 0 heterocycles. The minimum absolute atomic E-state index is 0.0174. The van der Waals surface area contributed by atoms with Crippen LogP contribution in [0.3, 0.4) is 0 Å². The first-order valence-electron chi connectivity index (χ1n) is 24.6. The summed E-state index contributed by atoms with van der Waals surface area (Å²) in [4.78, 5) is 24.4. The molecular formula is C50H95NO5. The van der Waals surface area contributed by atoms with Crippen LogP contribution in [0.4, 0.5) is 0 Å². The molecular weight excluding hydrogens is 695 g/mol. The molecule has 0 radical (unpaired) electrons. The van der Waals surface area contributed by atoms with Gasteiger partial charge in [-0.1, -0.05) is 212 Å². The molecule has 56 heavy (non-hydrogen) atoms. The number of esters is 1. The Morgan fingerprint density at radius 3 is 1.30 bits per heavy atom. The number of carbonyl (C=O) groups excluding carboxylic acids is 2. The first-order valence-corrected chi connectivity index (χ1v) is 24.6. The molecule has 0 saturated carbocycles. The molecule has 330 valence electrons. The summed E-state index contributed by atoms with van der Waals surface area (Å²) >= 11 is 0. The Balaban J connectivity index is 3.50. The summed E-state index contributed by atoms with van der Waals surface area (Å²) in [7, 11) is 0. The van der Waals surface area contributed by atoms with Gasteiger partial charge in [-0.05, 0) is 57.8 Å². The molecule has 0 aliphatic carbocycles. The van der Waals surface area contributed by atoms with Crippen LogP contribution >= 0.6 is 0 Å². The molecule has 0 rings (SSSR count). The summed E-state index contributed by atoms with van der Waals surface area (Å²) in [5.74, 6) is -0.0989. The van der Waals surface area contributed by atoms with Crippen LogP contribution in [-0.4, -0.2) is 47.4 Å². The second-order valence-electron chi connectivity index (χ2n) is 16.8. The quantitative estimate of drug-likeness (QED) is 0.0324. The highest BCUT2D eigenvalue weighted by molar-refractivity contribution is 5.76. The smallest absolute Gasteiger partial charge is 0.305 e. The van der Waals surface area contributed by atoms with Gasteiger partial charge in [-0.15, -0.1) is 0 Å². The van der Waals surface area contributed by atoms with E-state index in [1.165, 1.54) is 173 Å². The van der Waals surface area contributed by atoms with Crippen LogP contribution in [0, 0.1) is 0 Å². The fourth-order valence-corrected chi connectivity index (χ4v) is 7.39. The van der Waals surface area contributed by atoms with Crippen molar-refractivity contribution >= 4 is 11.9 Å². The predicted octanol–water partition coefficient (Wildman–Crippen LogP) is 14.3. The number of unbranched alkanes of at least 4 members (excludes halogenated alkanes) is 32. The normalized spacial score (nSPS) is 12.9. The number of hydrogen-bond donors (Lipinski definition) is 3. The van der Waals surface area contributed by atoms with Crippen LogP contribution in [0.1, 0.15) is 258 Å². The highest BCUT2D eigenvalue weighted by Gasteiger charge is 2.18. The van der Waals surface area contributed by atoms with E-state index in [-0.39, 0.29) is 18.5 Å². The fraction of sp³-hybridized carbons (Fsp3) is 0.880. The van der Waals surface area contributed by atoms with Crippen LogP contribution in [0.25, 0.3) is 0 Å². The number of rotatable bonds is 45. The summed E-state index contributed by atoms with van der Waals surface area (Å²) in [6.07, 6.45) is 53.1. The lowest BCUT2D eigenvalue weighted by Crippen LogP contribution is -2.45. The molecule has 3 N–H and O–H groups in total. The molecule has 1 amide bonds. The Bertz CT molecular complexity index is 874. The van der Waals surface area contributed by atoms with E-state index >= 15 is 0 Å². The van der Waals surface area contributed by atoms with Gasteiger partial charge in [0.2, 0.25) is 5.91 Å². The van der Waals surface area contributed by atoms with Crippen LogP contribution in [0.15, 0.2) is 24.3 Å². The molecule has 6 heteroatoms. The average Bonchev–Trinajstić information content (AvgIpc) is 3.20. The van der Waals surface area contributed by atoms with Crippen molar-refractivity contribution in [3.8, 4) is 0 Å². The number of carbonyl (C=O) groups is 2. The van der Waals surface area contributed by atoms with Crippen molar-refractivity contribution in [3.05, 3.63) is 24.3 Å². The van der Waals surface area contributed by atoms with Gasteiger partial charge in [0.1, 0.15) is 0 Å². The van der Waals surface area contributed by atoms with Crippen LogP contribution < -0.4 is 5.32 Å². The van der Waals surface area contributed by atoms with Gasteiger partial charge in [0.25, 0.3) is 0 Å². The number of nitrogens with one attached hydrogen (secondary N) is 1. The van der Waals surface area contributed by atoms with E-state index in [1.807, 2.05) is 6.08 Å². The first kappa shape index (κ1) is 54.3. The lowest BCUT2D eigenvalue weighted by molar-refractivity contribution is -0.143. The van der Waals surface area contributed by atoms with Gasteiger partial charge in [0.05, 0.1) is 25.4 Å². The Kier molecular flexibility index (Phi) is 44.7. The number of aliphatic hydroxyl groups excluding tert-OH is 2. The van der Waals surface area contributed by atoms with E-state index < -0.39 is 12.1 Å². The van der Waals surface area contributed by atoms with E-state index in [4.69, 9.17) is 4.74 Å². The van der Waals surface area contributed by atoms with Gasteiger partial charge >= 0.3 is 5.97 Å². The summed E-state index contributed by atoms with van der Waals surface area (Å²) in [5.41, 5.74) is 0. The molecule has 2 atom stereocenters. The Labute approximate surface area is 348 Å². The standard InChI is InChI=1S/C50H95NO5/c1-3-5-7-9-11-13-15-17-19-22-26-30-34-38-42-48(53)47(46-52)51-49(54)43-39-35-31-27-23-20-18-21-25-29-33-37-41-45-56-50(55)44-40-36-32-28-24-16-14-12-10-8-6-4-2/h12,14,38,42,47-48,52-53H,3-11,13,15-37,39-41,43-46H2,1-2H3,(H,51,54)/b14-12-,42-38+. The van der Waals surface area contributed by atoms with Crippen LogP contribution in [0.5, 0.6) is 0 Å². The maximum Gasteiger partial charge on any atom is 0.305 e. The van der Waals surface area contributed by atoms with Crippen molar-refractivity contribution in [2.75, 3.05) is 13.2 Å². The fourth-order valence-electron chi connectivity index (χ4n) is 7.39. The van der Waals surface area contributed by atoms with Gasteiger partial charge in [0.15, 0.2) is 0 Å². The molecule has 0 aliphatic heterocycles. The van der Waals surface area contributed by atoms with Crippen molar-refractivity contribution < 1.29 is 24.5 Å². The van der Waals surface area contributed by atoms with Gasteiger partial charge in [-0.3, -0.25) is 9.59 Å². The average molecular weight is 790 g/mol. The zero-order chi connectivity index (χ0) is 40.8. The number of aliphatic hydroxyl groups is 2. The van der Waals surface area contributed by atoms with Crippen molar-refractivity contribution in [1.82, 2.24) is 5.32 Å². The van der Waals surface area contributed by atoms with Gasteiger partial charge in [-0.2, -0.15) is 0 Å². The van der Waals surface area contributed by atoms with Gasteiger partial charge in [0, 0.05) is 12.8 Å². The summed E-state index contributed by atoms with van der Waals surface area (Å²) in [6.45, 7) is 4.84. The lowest BCUT2D eigenvalue weighted by atomic mass is 10.0. The second kappa shape index (κ2) is 46.0. The lowest BCUT2D eigenvalue weighted by Gasteiger charge is -2.20. The first-order chi connectivity index (χ1) is 27.5. The van der Waals surface area contributed by atoms with Gasteiger partial charge < -0.3 is 20.3 Å². The molecule has 0 saturated heterocycles. The summed E-state index contributed by atoms with van der Waals surface area (Å²) in [6, 6.07) is -0.636. The molecule has 0 spiro atoms. The second-order valence-corrected chi connectivity index (χ2v) is 16.8. The Hall–Kier alpha value is -1.66. The van der Waals surface area contributed by atoms with Crippen LogP contribution in [-0.2, 0) is 14.3 Å². The van der Waals surface area contributed by atoms with Crippen molar-refractivity contribution in [3.63, 3.8) is 0 Å².